The number of allylic oxidation sites excluding steroid dienone is 2. The van der Waals surface area contributed by atoms with Gasteiger partial charge in [0.1, 0.15) is 9.89 Å². The molecule has 1 aliphatic rings. The fraction of sp³-hybridized carbons (Fsp3) is 0.333. The highest BCUT2D eigenvalue weighted by Crippen LogP contribution is 2.32. The van der Waals surface area contributed by atoms with Gasteiger partial charge in [0, 0.05) is 0 Å². The first kappa shape index (κ1) is 7.32. The lowest BCUT2D eigenvalue weighted by atomic mass is 10.1. The molecule has 0 saturated heterocycles. The summed E-state index contributed by atoms with van der Waals surface area (Å²) in [6.45, 7) is 0. The van der Waals surface area contributed by atoms with E-state index in [1.165, 1.54) is 0 Å². The number of aliphatic hydroxyl groups excluding tert-OH is 1. The van der Waals surface area contributed by atoms with Crippen molar-refractivity contribution in [1.82, 2.24) is 0 Å². The Bertz CT molecular complexity index is 162. The molecule has 0 aromatic rings. The lowest BCUT2D eigenvalue weighted by molar-refractivity contribution is 0.221. The van der Waals surface area contributed by atoms with E-state index < -0.39 is 9.89 Å². The summed E-state index contributed by atoms with van der Waals surface area (Å²) in [6, 6.07) is 0. The average molecular weight is 209 g/mol. The van der Waals surface area contributed by atoms with Gasteiger partial charge in [-0.25, -0.2) is 0 Å². The maximum atomic E-state index is 9.12. The van der Waals surface area contributed by atoms with Crippen LogP contribution < -0.4 is 0 Å². The highest BCUT2D eigenvalue weighted by molar-refractivity contribution is 9.10. The normalized spacial score (nSPS) is 41.4. The highest BCUT2D eigenvalue weighted by atomic mass is 79.9. The number of rotatable bonds is 0. The maximum Gasteiger partial charge on any atom is 0.147 e. The van der Waals surface area contributed by atoms with Gasteiger partial charge in [0.15, 0.2) is 0 Å². The van der Waals surface area contributed by atoms with Gasteiger partial charge in [0.05, 0.1) is 0 Å². The van der Waals surface area contributed by atoms with Crippen LogP contribution in [0.2, 0.25) is 0 Å². The SMILES string of the molecule is OC1C=CC=CC1(Cl)Br. The Morgan fingerprint density at radius 3 is 2.56 bits per heavy atom. The van der Waals surface area contributed by atoms with Gasteiger partial charge in [0.25, 0.3) is 0 Å². The second-order valence-electron chi connectivity index (χ2n) is 1.86. The summed E-state index contributed by atoms with van der Waals surface area (Å²) in [6.07, 6.45) is 6.23. The van der Waals surface area contributed by atoms with Crippen molar-refractivity contribution >= 4 is 27.5 Å². The molecule has 2 atom stereocenters. The largest absolute Gasteiger partial charge is 0.386 e. The van der Waals surface area contributed by atoms with Crippen LogP contribution in [0, 0.1) is 0 Å². The fourth-order valence-electron chi connectivity index (χ4n) is 0.580. The van der Waals surface area contributed by atoms with E-state index in [2.05, 4.69) is 15.9 Å². The van der Waals surface area contributed by atoms with Crippen LogP contribution in [0.15, 0.2) is 24.3 Å². The van der Waals surface area contributed by atoms with Crippen LogP contribution in [0.3, 0.4) is 0 Å². The molecule has 0 heterocycles. The van der Waals surface area contributed by atoms with Crippen molar-refractivity contribution in [2.24, 2.45) is 0 Å². The summed E-state index contributed by atoms with van der Waals surface area (Å²) in [5.74, 6) is 0. The van der Waals surface area contributed by atoms with E-state index in [1.54, 1.807) is 24.3 Å². The molecule has 1 nitrogen and oxygen atoms in total. The molecule has 0 aromatic carbocycles. The van der Waals surface area contributed by atoms with Gasteiger partial charge in [-0.2, -0.15) is 0 Å². The molecular formula is C6H6BrClO. The third-order valence-corrected chi connectivity index (χ3v) is 2.20. The standard InChI is InChI=1S/C6H6BrClO/c7-6(8)4-2-1-3-5(6)9/h1-5,9H. The van der Waals surface area contributed by atoms with Crippen molar-refractivity contribution in [1.29, 1.82) is 0 Å². The van der Waals surface area contributed by atoms with Gasteiger partial charge in [-0.3, -0.25) is 0 Å². The van der Waals surface area contributed by atoms with Crippen molar-refractivity contribution in [3.63, 3.8) is 0 Å². The molecule has 0 fully saturated rings. The molecule has 0 bridgehead atoms. The predicted molar refractivity (Wildman–Crippen MR) is 41.8 cm³/mol. The molecule has 0 aliphatic heterocycles. The zero-order valence-corrected chi connectivity index (χ0v) is 6.93. The third-order valence-electron chi connectivity index (χ3n) is 1.12. The van der Waals surface area contributed by atoms with Gasteiger partial charge in [-0.05, 0) is 0 Å². The minimum Gasteiger partial charge on any atom is -0.386 e. The van der Waals surface area contributed by atoms with E-state index in [1.807, 2.05) is 0 Å². The molecule has 1 aliphatic carbocycles. The maximum absolute atomic E-state index is 9.12. The summed E-state index contributed by atoms with van der Waals surface area (Å²) in [5.41, 5.74) is 0. The van der Waals surface area contributed by atoms with Crippen LogP contribution in [-0.4, -0.2) is 15.0 Å². The number of aliphatic hydroxyl groups is 1. The van der Waals surface area contributed by atoms with Gasteiger partial charge < -0.3 is 5.11 Å². The topological polar surface area (TPSA) is 20.2 Å². The van der Waals surface area contributed by atoms with Crippen LogP contribution in [0.25, 0.3) is 0 Å². The lowest BCUT2D eigenvalue weighted by Gasteiger charge is -2.21. The molecule has 1 N–H and O–H groups in total. The number of hydrogen-bond acceptors (Lipinski definition) is 1. The van der Waals surface area contributed by atoms with E-state index >= 15 is 0 Å². The molecule has 0 saturated carbocycles. The Kier molecular flexibility index (Phi) is 1.99. The summed E-state index contributed by atoms with van der Waals surface area (Å²) in [4.78, 5) is 0. The zero-order chi connectivity index (χ0) is 6.91. The summed E-state index contributed by atoms with van der Waals surface area (Å²) >= 11 is 8.89. The quantitative estimate of drug-likeness (QED) is 0.603. The Morgan fingerprint density at radius 1 is 1.56 bits per heavy atom. The third kappa shape index (κ3) is 1.57. The molecule has 9 heavy (non-hydrogen) atoms. The fourth-order valence-corrected chi connectivity index (χ4v) is 1.03. The minimum absolute atomic E-state index is 0.635. The summed E-state index contributed by atoms with van der Waals surface area (Å²) < 4.78 is -0.790. The lowest BCUT2D eigenvalue weighted by Crippen LogP contribution is -2.27. The molecule has 0 radical (unpaired) electrons. The van der Waals surface area contributed by atoms with E-state index in [4.69, 9.17) is 16.7 Å². The van der Waals surface area contributed by atoms with Crippen molar-refractivity contribution in [2.75, 3.05) is 0 Å². The van der Waals surface area contributed by atoms with Crippen molar-refractivity contribution in [3.8, 4) is 0 Å². The van der Waals surface area contributed by atoms with E-state index in [-0.39, 0.29) is 0 Å². The van der Waals surface area contributed by atoms with E-state index in [0.29, 0.717) is 0 Å². The molecule has 0 amide bonds. The number of alkyl halides is 2. The number of hydrogen-bond donors (Lipinski definition) is 1. The predicted octanol–water partition coefficient (Wildman–Crippen LogP) is 1.80. The van der Waals surface area contributed by atoms with Crippen LogP contribution in [0.1, 0.15) is 0 Å². The van der Waals surface area contributed by atoms with Crippen LogP contribution in [0.4, 0.5) is 0 Å². The first-order valence-corrected chi connectivity index (χ1v) is 3.72. The summed E-state index contributed by atoms with van der Waals surface area (Å²) in [7, 11) is 0. The van der Waals surface area contributed by atoms with Crippen LogP contribution >= 0.6 is 27.5 Å². The van der Waals surface area contributed by atoms with Crippen molar-refractivity contribution in [2.45, 2.75) is 9.89 Å². The Labute approximate surface area is 67.1 Å². The second kappa shape index (κ2) is 2.45. The molecule has 50 valence electrons. The first-order chi connectivity index (χ1) is 4.13. The highest BCUT2D eigenvalue weighted by Gasteiger charge is 2.28. The van der Waals surface area contributed by atoms with Gasteiger partial charge in [-0.1, -0.05) is 51.8 Å². The molecule has 0 spiro atoms. The van der Waals surface area contributed by atoms with Gasteiger partial charge in [-0.15, -0.1) is 0 Å². The molecule has 0 aromatic heterocycles. The van der Waals surface area contributed by atoms with Gasteiger partial charge in [0.2, 0.25) is 0 Å². The second-order valence-corrected chi connectivity index (χ2v) is 4.26. The molecule has 2 unspecified atom stereocenters. The smallest absolute Gasteiger partial charge is 0.147 e. The van der Waals surface area contributed by atoms with E-state index in [0.717, 1.165) is 0 Å². The number of halogens is 2. The Morgan fingerprint density at radius 2 is 2.22 bits per heavy atom. The Hall–Kier alpha value is 0.210. The molecular weight excluding hydrogens is 203 g/mol. The molecule has 1 rings (SSSR count). The Balaban J connectivity index is 2.78. The minimum atomic E-state index is -0.790. The van der Waals surface area contributed by atoms with Crippen molar-refractivity contribution in [3.05, 3.63) is 24.3 Å². The summed E-state index contributed by atoms with van der Waals surface area (Å²) in [5, 5.41) is 9.12. The molecule has 3 heteroatoms. The van der Waals surface area contributed by atoms with Crippen LogP contribution in [0.5, 0.6) is 0 Å². The van der Waals surface area contributed by atoms with Crippen LogP contribution in [-0.2, 0) is 0 Å². The van der Waals surface area contributed by atoms with E-state index in [9.17, 15) is 0 Å². The zero-order valence-electron chi connectivity index (χ0n) is 4.59. The monoisotopic (exact) mass is 208 g/mol. The van der Waals surface area contributed by atoms with Gasteiger partial charge >= 0.3 is 0 Å². The first-order valence-electron chi connectivity index (χ1n) is 2.55. The average Bonchev–Trinajstić information content (AvgIpc) is 1.77. The van der Waals surface area contributed by atoms with Crippen molar-refractivity contribution < 1.29 is 5.11 Å².